The second-order valence-electron chi connectivity index (χ2n) is 3.63. The minimum absolute atomic E-state index is 0.0522. The molecule has 1 aromatic heterocycles. The number of anilines is 1. The molecule has 0 aliphatic rings. The molecule has 0 unspecified atom stereocenters. The molecule has 0 saturated carbocycles. The van der Waals surface area contributed by atoms with Crippen LogP contribution in [0, 0.1) is 17.0 Å². The van der Waals surface area contributed by atoms with Gasteiger partial charge < -0.3 is 5.32 Å². The van der Waals surface area contributed by atoms with Crippen molar-refractivity contribution in [3.8, 4) is 0 Å². The summed E-state index contributed by atoms with van der Waals surface area (Å²) in [5.41, 5.74) is 1.43. The number of aromatic nitrogens is 1. The predicted molar refractivity (Wildman–Crippen MR) is 75.0 cm³/mol. The molecule has 0 fully saturated rings. The van der Waals surface area contributed by atoms with Gasteiger partial charge in [0.05, 0.1) is 22.2 Å². The Morgan fingerprint density at radius 2 is 2.33 bits per heavy atom. The summed E-state index contributed by atoms with van der Waals surface area (Å²) in [6.45, 7) is 2.41. The molecule has 0 saturated heterocycles. The van der Waals surface area contributed by atoms with E-state index in [0.29, 0.717) is 16.7 Å². The Bertz CT molecular complexity index is 585. The zero-order valence-corrected chi connectivity index (χ0v) is 11.9. The number of nitro groups is 1. The standard InChI is InChI=1S/C11H10BrN3O2S/c1-7-14-9(6-18-7)5-13-10-3-2-8(12)4-11(10)15(16)17/h2-4,6,13H,5H2,1H3. The number of nitrogens with one attached hydrogen (secondary N) is 1. The quantitative estimate of drug-likeness (QED) is 0.686. The van der Waals surface area contributed by atoms with Gasteiger partial charge in [-0.1, -0.05) is 15.9 Å². The van der Waals surface area contributed by atoms with E-state index in [0.717, 1.165) is 10.7 Å². The van der Waals surface area contributed by atoms with Crippen LogP contribution in [-0.2, 0) is 6.54 Å². The second-order valence-corrected chi connectivity index (χ2v) is 5.61. The van der Waals surface area contributed by atoms with Crippen LogP contribution in [0.4, 0.5) is 11.4 Å². The molecule has 0 aliphatic carbocycles. The predicted octanol–water partition coefficient (Wildman–Crippen LogP) is 3.73. The summed E-state index contributed by atoms with van der Waals surface area (Å²) in [5.74, 6) is 0. The van der Waals surface area contributed by atoms with Crippen LogP contribution in [0.1, 0.15) is 10.7 Å². The molecule has 1 heterocycles. The molecule has 0 aliphatic heterocycles. The average Bonchev–Trinajstić information content (AvgIpc) is 2.73. The molecular weight excluding hydrogens is 318 g/mol. The van der Waals surface area contributed by atoms with Gasteiger partial charge in [-0.25, -0.2) is 4.98 Å². The molecule has 0 radical (unpaired) electrons. The number of nitro benzene ring substituents is 1. The van der Waals surface area contributed by atoms with E-state index in [4.69, 9.17) is 0 Å². The normalized spacial score (nSPS) is 10.3. The number of hydrogen-bond donors (Lipinski definition) is 1. The van der Waals surface area contributed by atoms with Gasteiger partial charge in [0.25, 0.3) is 5.69 Å². The van der Waals surface area contributed by atoms with E-state index in [-0.39, 0.29) is 5.69 Å². The fourth-order valence-electron chi connectivity index (χ4n) is 1.48. The Balaban J connectivity index is 2.16. The van der Waals surface area contributed by atoms with Crippen LogP contribution in [0.15, 0.2) is 28.1 Å². The van der Waals surface area contributed by atoms with Crippen molar-refractivity contribution in [1.82, 2.24) is 4.98 Å². The molecule has 0 spiro atoms. The Kier molecular flexibility index (Phi) is 3.93. The fourth-order valence-corrected chi connectivity index (χ4v) is 2.44. The number of halogens is 1. The second kappa shape index (κ2) is 5.45. The summed E-state index contributed by atoms with van der Waals surface area (Å²) < 4.78 is 0.684. The largest absolute Gasteiger partial charge is 0.374 e. The molecule has 0 atom stereocenters. The fraction of sp³-hybridized carbons (Fsp3) is 0.182. The molecule has 7 heteroatoms. The maximum atomic E-state index is 10.9. The van der Waals surface area contributed by atoms with E-state index in [1.807, 2.05) is 12.3 Å². The van der Waals surface area contributed by atoms with Crippen molar-refractivity contribution in [2.45, 2.75) is 13.5 Å². The maximum absolute atomic E-state index is 10.9. The topological polar surface area (TPSA) is 68.1 Å². The highest BCUT2D eigenvalue weighted by atomic mass is 79.9. The molecule has 94 valence electrons. The third kappa shape index (κ3) is 3.05. The van der Waals surface area contributed by atoms with Crippen LogP contribution < -0.4 is 5.32 Å². The molecule has 1 aromatic carbocycles. The molecular formula is C11H10BrN3O2S. The van der Waals surface area contributed by atoms with Gasteiger partial charge in [-0.3, -0.25) is 10.1 Å². The molecule has 2 rings (SSSR count). The molecule has 5 nitrogen and oxygen atoms in total. The number of hydrogen-bond acceptors (Lipinski definition) is 5. The first-order valence-electron chi connectivity index (χ1n) is 5.15. The van der Waals surface area contributed by atoms with Crippen LogP contribution in [0.2, 0.25) is 0 Å². The van der Waals surface area contributed by atoms with Crippen molar-refractivity contribution in [3.05, 3.63) is 48.9 Å². The third-order valence-corrected chi connectivity index (χ3v) is 3.60. The summed E-state index contributed by atoms with van der Waals surface area (Å²) in [4.78, 5) is 14.8. The summed E-state index contributed by atoms with van der Waals surface area (Å²) >= 11 is 4.78. The zero-order chi connectivity index (χ0) is 13.1. The Labute approximate surface area is 116 Å². The van der Waals surface area contributed by atoms with Crippen molar-refractivity contribution < 1.29 is 4.92 Å². The minimum Gasteiger partial charge on any atom is -0.374 e. The van der Waals surface area contributed by atoms with Gasteiger partial charge in [-0.05, 0) is 19.1 Å². The van der Waals surface area contributed by atoms with Crippen LogP contribution >= 0.6 is 27.3 Å². The summed E-state index contributed by atoms with van der Waals surface area (Å²) in [6, 6.07) is 4.93. The summed E-state index contributed by atoms with van der Waals surface area (Å²) in [6.07, 6.45) is 0. The lowest BCUT2D eigenvalue weighted by molar-refractivity contribution is -0.384. The van der Waals surface area contributed by atoms with Gasteiger partial charge >= 0.3 is 0 Å². The first kappa shape index (κ1) is 13.0. The first-order chi connectivity index (χ1) is 8.56. The van der Waals surface area contributed by atoms with Crippen molar-refractivity contribution >= 4 is 38.6 Å². The van der Waals surface area contributed by atoms with Gasteiger partial charge in [0.1, 0.15) is 5.69 Å². The van der Waals surface area contributed by atoms with Crippen LogP contribution in [0.5, 0.6) is 0 Å². The van der Waals surface area contributed by atoms with E-state index >= 15 is 0 Å². The van der Waals surface area contributed by atoms with Gasteiger partial charge in [0.15, 0.2) is 0 Å². The monoisotopic (exact) mass is 327 g/mol. The SMILES string of the molecule is Cc1nc(CNc2ccc(Br)cc2[N+](=O)[O-])cs1. The lowest BCUT2D eigenvalue weighted by Gasteiger charge is -2.05. The number of thiazole rings is 1. The van der Waals surface area contributed by atoms with Crippen molar-refractivity contribution in [2.24, 2.45) is 0 Å². The van der Waals surface area contributed by atoms with Gasteiger partial charge in [0, 0.05) is 15.9 Å². The van der Waals surface area contributed by atoms with Gasteiger partial charge in [-0.2, -0.15) is 0 Å². The van der Waals surface area contributed by atoms with Crippen LogP contribution in [-0.4, -0.2) is 9.91 Å². The molecule has 0 bridgehead atoms. The lowest BCUT2D eigenvalue weighted by Crippen LogP contribution is -2.02. The zero-order valence-electron chi connectivity index (χ0n) is 9.51. The van der Waals surface area contributed by atoms with E-state index in [1.165, 1.54) is 6.07 Å². The Morgan fingerprint density at radius 3 is 2.94 bits per heavy atom. The van der Waals surface area contributed by atoms with E-state index in [2.05, 4.69) is 26.2 Å². The molecule has 1 N–H and O–H groups in total. The Hall–Kier alpha value is -1.47. The highest BCUT2D eigenvalue weighted by molar-refractivity contribution is 9.10. The van der Waals surface area contributed by atoms with Crippen LogP contribution in [0.25, 0.3) is 0 Å². The number of nitrogens with zero attached hydrogens (tertiary/aromatic N) is 2. The van der Waals surface area contributed by atoms with Crippen molar-refractivity contribution in [3.63, 3.8) is 0 Å². The van der Waals surface area contributed by atoms with Gasteiger partial charge in [-0.15, -0.1) is 11.3 Å². The highest BCUT2D eigenvalue weighted by Gasteiger charge is 2.13. The lowest BCUT2D eigenvalue weighted by atomic mass is 10.2. The average molecular weight is 328 g/mol. The van der Waals surface area contributed by atoms with E-state index in [1.54, 1.807) is 23.5 Å². The first-order valence-corrected chi connectivity index (χ1v) is 6.82. The minimum atomic E-state index is -0.403. The molecule has 0 amide bonds. The smallest absolute Gasteiger partial charge is 0.293 e. The highest BCUT2D eigenvalue weighted by Crippen LogP contribution is 2.28. The van der Waals surface area contributed by atoms with E-state index < -0.39 is 4.92 Å². The van der Waals surface area contributed by atoms with Crippen LogP contribution in [0.3, 0.4) is 0 Å². The molecule has 2 aromatic rings. The number of benzene rings is 1. The number of aryl methyl sites for hydroxylation is 1. The van der Waals surface area contributed by atoms with Gasteiger partial charge in [0.2, 0.25) is 0 Å². The number of rotatable bonds is 4. The van der Waals surface area contributed by atoms with Crippen molar-refractivity contribution in [2.75, 3.05) is 5.32 Å². The van der Waals surface area contributed by atoms with Crippen molar-refractivity contribution in [1.29, 1.82) is 0 Å². The third-order valence-electron chi connectivity index (χ3n) is 2.28. The Morgan fingerprint density at radius 1 is 1.56 bits per heavy atom. The molecule has 18 heavy (non-hydrogen) atoms. The maximum Gasteiger partial charge on any atom is 0.293 e. The summed E-state index contributed by atoms with van der Waals surface area (Å²) in [7, 11) is 0. The van der Waals surface area contributed by atoms with E-state index in [9.17, 15) is 10.1 Å². The summed E-state index contributed by atoms with van der Waals surface area (Å²) in [5, 5.41) is 16.9.